The predicted octanol–water partition coefficient (Wildman–Crippen LogP) is 4.13. The SMILES string of the molecule is CCNC(=NCC1(CCOC)CCCC1)NCCC(=O)Nc1cccc(Cl)c1C. The number of carbonyl (C=O) groups excluding carboxylic acids is 1. The molecule has 7 heteroatoms. The van der Waals surface area contributed by atoms with Gasteiger partial charge in [0.25, 0.3) is 0 Å². The van der Waals surface area contributed by atoms with Crippen LogP contribution in [0.4, 0.5) is 5.69 Å². The molecule has 2 rings (SSSR count). The van der Waals surface area contributed by atoms with E-state index in [1.54, 1.807) is 7.11 Å². The first-order chi connectivity index (χ1) is 14.0. The van der Waals surface area contributed by atoms with E-state index in [1.807, 2.05) is 32.0 Å². The normalized spacial score (nSPS) is 15.9. The molecule has 0 saturated heterocycles. The number of hydrogen-bond acceptors (Lipinski definition) is 3. The molecule has 0 aliphatic heterocycles. The van der Waals surface area contributed by atoms with E-state index in [9.17, 15) is 4.79 Å². The fraction of sp³-hybridized carbons (Fsp3) is 0.636. The topological polar surface area (TPSA) is 74.8 Å². The first-order valence-corrected chi connectivity index (χ1v) is 10.9. The van der Waals surface area contributed by atoms with E-state index < -0.39 is 0 Å². The molecule has 0 spiro atoms. The smallest absolute Gasteiger partial charge is 0.226 e. The molecule has 1 amide bonds. The molecule has 1 aromatic carbocycles. The Balaban J connectivity index is 1.85. The Morgan fingerprint density at radius 1 is 1.28 bits per heavy atom. The molecule has 0 heterocycles. The third kappa shape index (κ3) is 7.52. The summed E-state index contributed by atoms with van der Waals surface area (Å²) in [6.07, 6.45) is 6.36. The fourth-order valence-electron chi connectivity index (χ4n) is 3.77. The maximum absolute atomic E-state index is 12.3. The summed E-state index contributed by atoms with van der Waals surface area (Å²) in [5.41, 5.74) is 1.88. The maximum atomic E-state index is 12.3. The standard InChI is InChI=1S/C22H35ClN4O2/c1-4-24-21(26-16-22(13-15-29-3)11-5-6-12-22)25-14-10-20(28)27-19-9-7-8-18(23)17(19)2/h7-9H,4-6,10-16H2,1-3H3,(H,27,28)(H2,24,25,26). The summed E-state index contributed by atoms with van der Waals surface area (Å²) in [7, 11) is 1.76. The number of nitrogens with zero attached hydrogens (tertiary/aromatic N) is 1. The van der Waals surface area contributed by atoms with Crippen LogP contribution in [0.3, 0.4) is 0 Å². The molecular weight excluding hydrogens is 388 g/mol. The van der Waals surface area contributed by atoms with Crippen molar-refractivity contribution >= 4 is 29.2 Å². The number of amides is 1. The lowest BCUT2D eigenvalue weighted by Crippen LogP contribution is -2.39. The zero-order valence-corrected chi connectivity index (χ0v) is 18.7. The number of carbonyl (C=O) groups is 1. The van der Waals surface area contributed by atoms with Gasteiger partial charge in [-0.25, -0.2) is 0 Å². The van der Waals surface area contributed by atoms with Crippen LogP contribution in [0.1, 0.15) is 51.0 Å². The molecular formula is C22H35ClN4O2. The third-order valence-corrected chi connectivity index (χ3v) is 6.01. The molecule has 6 nitrogen and oxygen atoms in total. The Bertz CT molecular complexity index is 687. The first kappa shape index (κ1) is 23.5. The van der Waals surface area contributed by atoms with E-state index in [0.717, 1.165) is 43.3 Å². The van der Waals surface area contributed by atoms with Crippen molar-refractivity contribution in [1.82, 2.24) is 10.6 Å². The molecule has 162 valence electrons. The Kier molecular flexibility index (Phi) is 9.74. The van der Waals surface area contributed by atoms with Crippen LogP contribution in [0.25, 0.3) is 0 Å². The molecule has 29 heavy (non-hydrogen) atoms. The van der Waals surface area contributed by atoms with Crippen molar-refractivity contribution in [2.45, 2.75) is 52.4 Å². The number of ether oxygens (including phenoxy) is 1. The number of nitrogens with one attached hydrogen (secondary N) is 3. The number of methoxy groups -OCH3 is 1. The number of hydrogen-bond donors (Lipinski definition) is 3. The van der Waals surface area contributed by atoms with Crippen LogP contribution in [0, 0.1) is 12.3 Å². The summed E-state index contributed by atoms with van der Waals surface area (Å²) in [6, 6.07) is 5.51. The number of rotatable bonds is 10. The molecule has 0 aromatic heterocycles. The molecule has 1 saturated carbocycles. The number of aliphatic imine (C=N–C) groups is 1. The Hall–Kier alpha value is -1.79. The van der Waals surface area contributed by atoms with Crippen molar-refractivity contribution in [3.8, 4) is 0 Å². The maximum Gasteiger partial charge on any atom is 0.226 e. The number of benzene rings is 1. The second kappa shape index (κ2) is 12.0. The lowest BCUT2D eigenvalue weighted by Gasteiger charge is -2.27. The van der Waals surface area contributed by atoms with Crippen LogP contribution in [0.5, 0.6) is 0 Å². The summed E-state index contributed by atoms with van der Waals surface area (Å²) in [5, 5.41) is 10.1. The second-order valence-electron chi connectivity index (χ2n) is 7.78. The molecule has 0 atom stereocenters. The average Bonchev–Trinajstić information content (AvgIpc) is 3.17. The van der Waals surface area contributed by atoms with Gasteiger partial charge in [-0.15, -0.1) is 0 Å². The molecule has 3 N–H and O–H groups in total. The van der Waals surface area contributed by atoms with E-state index in [4.69, 9.17) is 21.3 Å². The minimum absolute atomic E-state index is 0.0499. The summed E-state index contributed by atoms with van der Waals surface area (Å²) in [5.74, 6) is 0.717. The Morgan fingerprint density at radius 3 is 2.72 bits per heavy atom. The molecule has 0 radical (unpaired) electrons. The van der Waals surface area contributed by atoms with E-state index in [1.165, 1.54) is 25.7 Å². The van der Waals surface area contributed by atoms with Gasteiger partial charge in [0.1, 0.15) is 0 Å². The Morgan fingerprint density at radius 2 is 2.03 bits per heavy atom. The molecule has 1 aliphatic rings. The minimum atomic E-state index is -0.0499. The van der Waals surface area contributed by atoms with Gasteiger partial charge in [-0.05, 0) is 56.2 Å². The largest absolute Gasteiger partial charge is 0.385 e. The van der Waals surface area contributed by atoms with Crippen molar-refractivity contribution < 1.29 is 9.53 Å². The minimum Gasteiger partial charge on any atom is -0.385 e. The van der Waals surface area contributed by atoms with E-state index in [-0.39, 0.29) is 11.3 Å². The molecule has 0 bridgehead atoms. The van der Waals surface area contributed by atoms with Crippen LogP contribution >= 0.6 is 11.6 Å². The van der Waals surface area contributed by atoms with Crippen molar-refractivity contribution in [3.63, 3.8) is 0 Å². The highest BCUT2D eigenvalue weighted by Gasteiger charge is 2.33. The third-order valence-electron chi connectivity index (χ3n) is 5.60. The fourth-order valence-corrected chi connectivity index (χ4v) is 3.94. The van der Waals surface area contributed by atoms with Gasteiger partial charge in [0, 0.05) is 50.5 Å². The van der Waals surface area contributed by atoms with Crippen LogP contribution in [-0.2, 0) is 9.53 Å². The van der Waals surface area contributed by atoms with Crippen molar-refractivity contribution in [2.75, 3.05) is 38.7 Å². The van der Waals surface area contributed by atoms with Crippen molar-refractivity contribution in [3.05, 3.63) is 28.8 Å². The monoisotopic (exact) mass is 422 g/mol. The summed E-state index contributed by atoms with van der Waals surface area (Å²) >= 11 is 6.11. The van der Waals surface area contributed by atoms with Gasteiger partial charge in [-0.2, -0.15) is 0 Å². The molecule has 1 aromatic rings. The highest BCUT2D eigenvalue weighted by atomic mass is 35.5. The van der Waals surface area contributed by atoms with Gasteiger partial charge in [-0.3, -0.25) is 9.79 Å². The van der Waals surface area contributed by atoms with E-state index >= 15 is 0 Å². The zero-order valence-electron chi connectivity index (χ0n) is 17.9. The van der Waals surface area contributed by atoms with Crippen LogP contribution in [0.15, 0.2) is 23.2 Å². The van der Waals surface area contributed by atoms with Gasteiger partial charge in [0.2, 0.25) is 5.91 Å². The Labute approximate surface area is 179 Å². The molecule has 0 unspecified atom stereocenters. The van der Waals surface area contributed by atoms with Gasteiger partial charge in [-0.1, -0.05) is 30.5 Å². The predicted molar refractivity (Wildman–Crippen MR) is 121 cm³/mol. The van der Waals surface area contributed by atoms with Crippen LogP contribution in [-0.4, -0.2) is 45.2 Å². The summed E-state index contributed by atoms with van der Waals surface area (Å²) in [4.78, 5) is 17.1. The number of anilines is 1. The zero-order chi connectivity index (χ0) is 21.1. The molecule has 1 aliphatic carbocycles. The van der Waals surface area contributed by atoms with Crippen molar-refractivity contribution in [1.29, 1.82) is 0 Å². The molecule has 1 fully saturated rings. The lowest BCUT2D eigenvalue weighted by molar-refractivity contribution is -0.116. The summed E-state index contributed by atoms with van der Waals surface area (Å²) < 4.78 is 5.31. The van der Waals surface area contributed by atoms with Gasteiger partial charge in [0.05, 0.1) is 0 Å². The number of halogens is 1. The van der Waals surface area contributed by atoms with E-state index in [0.29, 0.717) is 18.0 Å². The average molecular weight is 423 g/mol. The van der Waals surface area contributed by atoms with Crippen LogP contribution in [0.2, 0.25) is 5.02 Å². The van der Waals surface area contributed by atoms with Gasteiger partial charge in [0.15, 0.2) is 5.96 Å². The van der Waals surface area contributed by atoms with Crippen molar-refractivity contribution in [2.24, 2.45) is 10.4 Å². The number of guanidine groups is 1. The van der Waals surface area contributed by atoms with E-state index in [2.05, 4.69) is 16.0 Å². The highest BCUT2D eigenvalue weighted by Crippen LogP contribution is 2.41. The quantitative estimate of drug-likeness (QED) is 0.391. The lowest BCUT2D eigenvalue weighted by atomic mass is 9.83. The van der Waals surface area contributed by atoms with Gasteiger partial charge < -0.3 is 20.7 Å². The second-order valence-corrected chi connectivity index (χ2v) is 8.19. The summed E-state index contributed by atoms with van der Waals surface area (Å²) in [6.45, 7) is 6.81. The van der Waals surface area contributed by atoms with Gasteiger partial charge >= 0.3 is 0 Å². The first-order valence-electron chi connectivity index (χ1n) is 10.6. The van der Waals surface area contributed by atoms with Crippen LogP contribution < -0.4 is 16.0 Å². The highest BCUT2D eigenvalue weighted by molar-refractivity contribution is 6.31.